The lowest BCUT2D eigenvalue weighted by Crippen LogP contribution is -2.47. The first kappa shape index (κ1) is 27.1. The number of fused-ring (bicyclic) bond motifs is 1. The topological polar surface area (TPSA) is 126 Å². The second-order valence-corrected chi connectivity index (χ2v) is 9.83. The summed E-state index contributed by atoms with van der Waals surface area (Å²) in [7, 11) is 1.86. The predicted molar refractivity (Wildman–Crippen MR) is 152 cm³/mol. The maximum Gasteiger partial charge on any atom is 0.257 e. The Bertz CT molecular complexity index is 1760. The SMILES string of the molecule is Cn1nc(-c2ccc(F)cc2)c(-c2ccc3nc(NC(=O)c4ccnc(F)c4)cn3n2)c1N1CCN(CCN=O)CC1. The number of hydrogen-bond acceptors (Lipinski definition) is 9. The van der Waals surface area contributed by atoms with E-state index in [1.165, 1.54) is 24.4 Å². The summed E-state index contributed by atoms with van der Waals surface area (Å²) in [6, 6.07) is 12.2. The Balaban J connectivity index is 1.36. The van der Waals surface area contributed by atoms with Crippen molar-refractivity contribution in [2.75, 3.05) is 49.5 Å². The molecule has 0 unspecified atom stereocenters. The fraction of sp³-hybridized carbons (Fsp3) is 0.250. The van der Waals surface area contributed by atoms with Crippen LogP contribution in [0.15, 0.2) is 66.1 Å². The number of carbonyl (C=O) groups excluding carboxylic acids is 1. The number of nitrogens with zero attached hydrogens (tertiary/aromatic N) is 9. The van der Waals surface area contributed by atoms with Gasteiger partial charge in [-0.1, -0.05) is 5.18 Å². The zero-order valence-electron chi connectivity index (χ0n) is 22.6. The molecule has 0 saturated carbocycles. The Labute approximate surface area is 238 Å². The first-order valence-electron chi connectivity index (χ1n) is 13.3. The molecule has 0 aliphatic carbocycles. The number of halogens is 2. The van der Waals surface area contributed by atoms with E-state index in [2.05, 4.69) is 30.3 Å². The highest BCUT2D eigenvalue weighted by molar-refractivity contribution is 6.03. The Morgan fingerprint density at radius 2 is 1.81 bits per heavy atom. The molecule has 5 aromatic rings. The van der Waals surface area contributed by atoms with Crippen LogP contribution in [0.25, 0.3) is 28.2 Å². The van der Waals surface area contributed by atoms with Gasteiger partial charge in [-0.3, -0.25) is 14.4 Å². The van der Waals surface area contributed by atoms with Crippen LogP contribution < -0.4 is 10.2 Å². The van der Waals surface area contributed by atoms with Crippen molar-refractivity contribution in [3.63, 3.8) is 0 Å². The van der Waals surface area contributed by atoms with Crippen LogP contribution in [-0.2, 0) is 7.05 Å². The van der Waals surface area contributed by atoms with E-state index in [4.69, 9.17) is 10.2 Å². The zero-order valence-corrected chi connectivity index (χ0v) is 22.6. The van der Waals surface area contributed by atoms with E-state index in [0.717, 1.165) is 36.1 Å². The molecule has 6 rings (SSSR count). The number of anilines is 2. The van der Waals surface area contributed by atoms with Gasteiger partial charge in [-0.2, -0.15) is 19.5 Å². The van der Waals surface area contributed by atoms with E-state index in [0.29, 0.717) is 36.7 Å². The molecule has 1 aliphatic heterocycles. The molecular formula is C28H26F2N10O2. The van der Waals surface area contributed by atoms with E-state index in [-0.39, 0.29) is 23.7 Å². The van der Waals surface area contributed by atoms with Crippen molar-refractivity contribution >= 4 is 23.2 Å². The van der Waals surface area contributed by atoms with Gasteiger partial charge in [0.05, 0.1) is 24.0 Å². The molecule has 0 radical (unpaired) electrons. The number of pyridine rings is 1. The minimum absolute atomic E-state index is 0.111. The largest absolute Gasteiger partial charge is 0.354 e. The lowest BCUT2D eigenvalue weighted by molar-refractivity contribution is 0.102. The lowest BCUT2D eigenvalue weighted by Gasteiger charge is -2.35. The summed E-state index contributed by atoms with van der Waals surface area (Å²) in [5.41, 5.74) is 3.33. The second-order valence-electron chi connectivity index (χ2n) is 9.83. The average Bonchev–Trinajstić information content (AvgIpc) is 3.56. The van der Waals surface area contributed by atoms with Crippen LogP contribution in [0.3, 0.4) is 0 Å². The van der Waals surface area contributed by atoms with Crippen LogP contribution in [0.5, 0.6) is 0 Å². The van der Waals surface area contributed by atoms with Crippen molar-refractivity contribution in [2.45, 2.75) is 0 Å². The molecule has 42 heavy (non-hydrogen) atoms. The number of aromatic nitrogens is 6. The van der Waals surface area contributed by atoms with Gasteiger partial charge < -0.3 is 10.2 Å². The van der Waals surface area contributed by atoms with E-state index < -0.39 is 11.9 Å². The van der Waals surface area contributed by atoms with Gasteiger partial charge >= 0.3 is 0 Å². The number of nitroso groups, excluding NO2 is 1. The van der Waals surface area contributed by atoms with Crippen LogP contribution in [0.4, 0.5) is 20.4 Å². The van der Waals surface area contributed by atoms with Gasteiger partial charge in [0, 0.05) is 63.2 Å². The second kappa shape index (κ2) is 11.4. The maximum atomic E-state index is 13.8. The third-order valence-electron chi connectivity index (χ3n) is 7.12. The van der Waals surface area contributed by atoms with Crippen molar-refractivity contribution in [1.82, 2.24) is 34.3 Å². The number of aryl methyl sites for hydroxylation is 1. The third-order valence-corrected chi connectivity index (χ3v) is 7.12. The van der Waals surface area contributed by atoms with Crippen molar-refractivity contribution in [2.24, 2.45) is 12.2 Å². The van der Waals surface area contributed by atoms with Gasteiger partial charge in [-0.15, -0.1) is 0 Å². The molecule has 0 atom stereocenters. The van der Waals surface area contributed by atoms with E-state index in [1.54, 1.807) is 33.6 Å². The molecule has 1 aromatic carbocycles. The normalized spacial score (nSPS) is 13.9. The van der Waals surface area contributed by atoms with E-state index >= 15 is 0 Å². The summed E-state index contributed by atoms with van der Waals surface area (Å²) in [4.78, 5) is 35.5. The van der Waals surface area contributed by atoms with Gasteiger partial charge in [0.2, 0.25) is 5.95 Å². The quantitative estimate of drug-likeness (QED) is 0.221. The van der Waals surface area contributed by atoms with Gasteiger partial charge in [0.15, 0.2) is 11.5 Å². The molecule has 0 spiro atoms. The molecule has 1 saturated heterocycles. The molecule has 4 aromatic heterocycles. The summed E-state index contributed by atoms with van der Waals surface area (Å²) in [5.74, 6) is -0.543. The first-order chi connectivity index (χ1) is 20.4. The van der Waals surface area contributed by atoms with Crippen LogP contribution in [0.2, 0.25) is 0 Å². The van der Waals surface area contributed by atoms with Crippen LogP contribution in [-0.4, -0.2) is 79.4 Å². The summed E-state index contributed by atoms with van der Waals surface area (Å²) in [6.07, 6.45) is 2.79. The van der Waals surface area contributed by atoms with E-state index in [1.807, 2.05) is 13.1 Å². The lowest BCUT2D eigenvalue weighted by atomic mass is 10.0. The number of hydrogen-bond donors (Lipinski definition) is 1. The molecule has 5 heterocycles. The van der Waals surface area contributed by atoms with Gasteiger partial charge in [-0.25, -0.2) is 18.9 Å². The monoisotopic (exact) mass is 572 g/mol. The van der Waals surface area contributed by atoms with Gasteiger partial charge in [0.25, 0.3) is 5.91 Å². The Hall–Kier alpha value is -5.11. The van der Waals surface area contributed by atoms with Crippen molar-refractivity contribution in [3.05, 3.63) is 83.2 Å². The zero-order chi connectivity index (χ0) is 29.2. The smallest absolute Gasteiger partial charge is 0.257 e. The molecule has 1 fully saturated rings. The Morgan fingerprint density at radius 3 is 2.55 bits per heavy atom. The standard InChI is InChI=1S/C28H26F2N10O2/c1-37-28(39-14-12-38(13-15-39)11-10-32-42)25(26(36-37)18-2-4-20(29)5-3-18)21-6-7-24-33-23(17-40(24)35-21)34-27(41)19-8-9-31-22(30)16-19/h2-9,16-17H,10-15H2,1H3,(H,34,41). The number of rotatable bonds is 8. The highest BCUT2D eigenvalue weighted by atomic mass is 19.1. The number of amides is 1. The highest BCUT2D eigenvalue weighted by Gasteiger charge is 2.28. The van der Waals surface area contributed by atoms with Crippen LogP contribution in [0.1, 0.15) is 10.4 Å². The number of nitrogens with one attached hydrogen (secondary N) is 1. The Kier molecular flexibility index (Phi) is 7.35. The number of benzene rings is 1. The minimum atomic E-state index is -0.757. The van der Waals surface area contributed by atoms with Crippen molar-refractivity contribution in [3.8, 4) is 22.5 Å². The predicted octanol–water partition coefficient (Wildman–Crippen LogP) is 3.61. The summed E-state index contributed by atoms with van der Waals surface area (Å²) in [5, 5.41) is 15.3. The van der Waals surface area contributed by atoms with Crippen molar-refractivity contribution < 1.29 is 13.6 Å². The summed E-state index contributed by atoms with van der Waals surface area (Å²) >= 11 is 0. The van der Waals surface area contributed by atoms with Crippen LogP contribution in [0, 0.1) is 16.7 Å². The Morgan fingerprint density at radius 1 is 1.02 bits per heavy atom. The minimum Gasteiger partial charge on any atom is -0.354 e. The summed E-state index contributed by atoms with van der Waals surface area (Å²) in [6.45, 7) is 3.78. The van der Waals surface area contributed by atoms with E-state index in [9.17, 15) is 18.5 Å². The highest BCUT2D eigenvalue weighted by Crippen LogP contribution is 2.39. The summed E-state index contributed by atoms with van der Waals surface area (Å²) < 4.78 is 30.6. The van der Waals surface area contributed by atoms with Gasteiger partial charge in [0.1, 0.15) is 17.3 Å². The molecule has 1 aliphatic rings. The van der Waals surface area contributed by atoms with Gasteiger partial charge in [-0.05, 0) is 42.5 Å². The average molecular weight is 573 g/mol. The number of piperazine rings is 1. The molecule has 214 valence electrons. The number of carbonyl (C=O) groups is 1. The molecule has 1 N–H and O–H groups in total. The maximum absolute atomic E-state index is 13.8. The van der Waals surface area contributed by atoms with Crippen LogP contribution >= 0.6 is 0 Å². The molecule has 12 nitrogen and oxygen atoms in total. The fourth-order valence-corrected chi connectivity index (χ4v) is 5.10. The third kappa shape index (κ3) is 5.43. The fourth-order valence-electron chi connectivity index (χ4n) is 5.10. The molecular weight excluding hydrogens is 546 g/mol. The molecule has 0 bridgehead atoms. The van der Waals surface area contributed by atoms with Crippen molar-refractivity contribution in [1.29, 1.82) is 0 Å². The molecule has 14 heteroatoms. The first-order valence-corrected chi connectivity index (χ1v) is 13.3. The molecule has 1 amide bonds. The number of imidazole rings is 1.